The summed E-state index contributed by atoms with van der Waals surface area (Å²) in [5.41, 5.74) is 2.24. The maximum absolute atomic E-state index is 12.6. The van der Waals surface area contributed by atoms with Crippen molar-refractivity contribution in [1.82, 2.24) is 20.1 Å². The van der Waals surface area contributed by atoms with E-state index in [1.807, 2.05) is 60.0 Å². The number of nitrogens with one attached hydrogen (secondary N) is 1. The van der Waals surface area contributed by atoms with E-state index in [0.29, 0.717) is 5.16 Å². The molecule has 6 nitrogen and oxygen atoms in total. The molecule has 7 heteroatoms. The van der Waals surface area contributed by atoms with E-state index in [9.17, 15) is 10.1 Å². The number of hydrogen-bond acceptors (Lipinski definition) is 5. The summed E-state index contributed by atoms with van der Waals surface area (Å²) in [5.74, 6) is 0.976. The minimum absolute atomic E-state index is 0.169. The van der Waals surface area contributed by atoms with Crippen LogP contribution in [0.4, 0.5) is 0 Å². The second-order valence-electron chi connectivity index (χ2n) is 7.77. The fourth-order valence-corrected chi connectivity index (χ4v) is 4.23. The molecule has 2 aromatic carbocycles. The molecule has 152 valence electrons. The Balaban J connectivity index is 1.59. The Morgan fingerprint density at radius 2 is 2.00 bits per heavy atom. The second kappa shape index (κ2) is 8.33. The van der Waals surface area contributed by atoms with Crippen LogP contribution in [-0.2, 0) is 4.79 Å². The number of benzene rings is 2. The van der Waals surface area contributed by atoms with Crippen molar-refractivity contribution in [3.05, 3.63) is 60.2 Å². The van der Waals surface area contributed by atoms with Gasteiger partial charge in [-0.2, -0.15) is 5.26 Å². The standard InChI is InChI=1S/C23H23N5OS/c1-16-7-6-8-17(13-16)21-26-27-22(28(21)19-9-4-3-5-10-19)30-14-20(29)25-23(2,15-24)18-11-12-18/h3-10,13,18H,11-12,14H2,1-2H3,(H,25,29)/t23-/m1/s1. The first-order chi connectivity index (χ1) is 14.5. The van der Waals surface area contributed by atoms with Gasteiger partial charge in [0.05, 0.1) is 11.8 Å². The molecule has 1 N–H and O–H groups in total. The van der Waals surface area contributed by atoms with E-state index < -0.39 is 5.54 Å². The molecule has 1 aliphatic rings. The minimum atomic E-state index is -0.794. The minimum Gasteiger partial charge on any atom is -0.337 e. The SMILES string of the molecule is Cc1cccc(-c2nnc(SCC(=O)N[C@](C)(C#N)C3CC3)n2-c2ccccc2)c1. The van der Waals surface area contributed by atoms with E-state index in [0.717, 1.165) is 35.5 Å². The van der Waals surface area contributed by atoms with Crippen LogP contribution in [0.15, 0.2) is 59.8 Å². The lowest BCUT2D eigenvalue weighted by Crippen LogP contribution is -2.47. The van der Waals surface area contributed by atoms with Gasteiger partial charge in [0.25, 0.3) is 0 Å². The number of nitrogens with zero attached hydrogens (tertiary/aromatic N) is 4. The molecule has 1 amide bonds. The number of aryl methyl sites for hydroxylation is 1. The van der Waals surface area contributed by atoms with E-state index in [4.69, 9.17) is 0 Å². The van der Waals surface area contributed by atoms with Crippen molar-refractivity contribution >= 4 is 17.7 Å². The Kier molecular flexibility index (Phi) is 5.60. The van der Waals surface area contributed by atoms with Gasteiger partial charge in [-0.1, -0.05) is 53.7 Å². The fourth-order valence-electron chi connectivity index (χ4n) is 3.48. The Morgan fingerprint density at radius 1 is 1.23 bits per heavy atom. The number of carbonyl (C=O) groups excluding carboxylic acids is 1. The number of hydrogen-bond donors (Lipinski definition) is 1. The highest BCUT2D eigenvalue weighted by atomic mass is 32.2. The Labute approximate surface area is 180 Å². The molecule has 1 fully saturated rings. The maximum Gasteiger partial charge on any atom is 0.231 e. The van der Waals surface area contributed by atoms with Crippen LogP contribution in [0.25, 0.3) is 17.1 Å². The van der Waals surface area contributed by atoms with Crippen LogP contribution in [0, 0.1) is 24.2 Å². The van der Waals surface area contributed by atoms with Crippen molar-refractivity contribution in [2.45, 2.75) is 37.4 Å². The monoisotopic (exact) mass is 417 g/mol. The Hall–Kier alpha value is -3.11. The smallest absolute Gasteiger partial charge is 0.231 e. The first kappa shape index (κ1) is 20.2. The molecule has 0 radical (unpaired) electrons. The van der Waals surface area contributed by atoms with Gasteiger partial charge >= 0.3 is 0 Å². The normalized spacial score (nSPS) is 15.2. The summed E-state index contributed by atoms with van der Waals surface area (Å²) in [4.78, 5) is 12.6. The third-order valence-electron chi connectivity index (χ3n) is 5.28. The highest BCUT2D eigenvalue weighted by molar-refractivity contribution is 7.99. The highest BCUT2D eigenvalue weighted by Crippen LogP contribution is 2.39. The van der Waals surface area contributed by atoms with Gasteiger partial charge in [-0.05, 0) is 50.8 Å². The molecular weight excluding hydrogens is 394 g/mol. The maximum atomic E-state index is 12.6. The van der Waals surface area contributed by atoms with E-state index in [-0.39, 0.29) is 17.6 Å². The third-order valence-corrected chi connectivity index (χ3v) is 6.21. The van der Waals surface area contributed by atoms with Gasteiger partial charge in [0.1, 0.15) is 5.54 Å². The number of para-hydroxylation sites is 1. The molecule has 3 aromatic rings. The van der Waals surface area contributed by atoms with Crippen molar-refractivity contribution < 1.29 is 4.79 Å². The quantitative estimate of drug-likeness (QED) is 0.584. The highest BCUT2D eigenvalue weighted by Gasteiger charge is 2.43. The molecule has 0 aliphatic heterocycles. The van der Waals surface area contributed by atoms with Crippen LogP contribution in [0.5, 0.6) is 0 Å². The lowest BCUT2D eigenvalue weighted by atomic mass is 9.98. The molecule has 1 aliphatic carbocycles. The summed E-state index contributed by atoms with van der Waals surface area (Å²) in [6, 6.07) is 20.2. The molecule has 1 atom stereocenters. The second-order valence-corrected chi connectivity index (χ2v) is 8.71. The van der Waals surface area contributed by atoms with Gasteiger partial charge in [0.15, 0.2) is 11.0 Å². The summed E-state index contributed by atoms with van der Waals surface area (Å²) in [6.45, 7) is 3.84. The van der Waals surface area contributed by atoms with Crippen molar-refractivity contribution in [2.75, 3.05) is 5.75 Å². The molecule has 1 aromatic heterocycles. The zero-order valence-electron chi connectivity index (χ0n) is 17.0. The van der Waals surface area contributed by atoms with Crippen molar-refractivity contribution in [3.8, 4) is 23.1 Å². The molecule has 0 unspecified atom stereocenters. The Bertz CT molecular complexity index is 1100. The number of aromatic nitrogens is 3. The van der Waals surface area contributed by atoms with Gasteiger partial charge in [0, 0.05) is 11.3 Å². The number of nitriles is 1. The average Bonchev–Trinajstić information content (AvgIpc) is 3.53. The number of amides is 1. The number of thioether (sulfide) groups is 1. The van der Waals surface area contributed by atoms with E-state index >= 15 is 0 Å². The van der Waals surface area contributed by atoms with E-state index in [1.54, 1.807) is 6.92 Å². The van der Waals surface area contributed by atoms with Gasteiger partial charge in [-0.3, -0.25) is 9.36 Å². The van der Waals surface area contributed by atoms with Crippen LogP contribution < -0.4 is 5.32 Å². The molecule has 0 spiro atoms. The predicted molar refractivity (Wildman–Crippen MR) is 117 cm³/mol. The first-order valence-electron chi connectivity index (χ1n) is 9.93. The largest absolute Gasteiger partial charge is 0.337 e. The van der Waals surface area contributed by atoms with Crippen molar-refractivity contribution in [1.29, 1.82) is 5.26 Å². The molecule has 30 heavy (non-hydrogen) atoms. The van der Waals surface area contributed by atoms with Crippen LogP contribution in [0.1, 0.15) is 25.3 Å². The number of rotatable bonds is 7. The van der Waals surface area contributed by atoms with Gasteiger partial charge < -0.3 is 5.32 Å². The lowest BCUT2D eigenvalue weighted by Gasteiger charge is -2.22. The molecule has 4 rings (SSSR count). The van der Waals surface area contributed by atoms with Crippen LogP contribution >= 0.6 is 11.8 Å². The van der Waals surface area contributed by atoms with Crippen LogP contribution in [0.3, 0.4) is 0 Å². The average molecular weight is 418 g/mol. The van der Waals surface area contributed by atoms with Gasteiger partial charge in [-0.15, -0.1) is 10.2 Å². The lowest BCUT2D eigenvalue weighted by molar-refractivity contribution is -0.119. The van der Waals surface area contributed by atoms with Gasteiger partial charge in [0.2, 0.25) is 5.91 Å². The summed E-state index contributed by atoms with van der Waals surface area (Å²) in [6.07, 6.45) is 1.97. The molecule has 0 bridgehead atoms. The van der Waals surface area contributed by atoms with Crippen LogP contribution in [0.2, 0.25) is 0 Å². The third kappa shape index (κ3) is 4.24. The van der Waals surface area contributed by atoms with Gasteiger partial charge in [-0.25, -0.2) is 0 Å². The number of carbonyl (C=O) groups is 1. The van der Waals surface area contributed by atoms with E-state index in [2.05, 4.69) is 27.6 Å². The summed E-state index contributed by atoms with van der Waals surface area (Å²) < 4.78 is 1.97. The molecule has 1 saturated carbocycles. The molecule has 1 heterocycles. The van der Waals surface area contributed by atoms with Crippen molar-refractivity contribution in [2.24, 2.45) is 5.92 Å². The fraction of sp³-hybridized carbons (Fsp3) is 0.304. The summed E-state index contributed by atoms with van der Waals surface area (Å²) in [5, 5.41) is 21.8. The first-order valence-corrected chi connectivity index (χ1v) is 10.9. The summed E-state index contributed by atoms with van der Waals surface area (Å²) >= 11 is 1.32. The predicted octanol–water partition coefficient (Wildman–Crippen LogP) is 4.14. The molecular formula is C23H23N5OS. The zero-order valence-corrected chi connectivity index (χ0v) is 17.8. The van der Waals surface area contributed by atoms with Crippen molar-refractivity contribution in [3.63, 3.8) is 0 Å². The van der Waals surface area contributed by atoms with E-state index in [1.165, 1.54) is 11.8 Å². The Morgan fingerprint density at radius 3 is 2.67 bits per heavy atom. The topological polar surface area (TPSA) is 83.6 Å². The molecule has 0 saturated heterocycles. The zero-order chi connectivity index (χ0) is 21.1. The summed E-state index contributed by atoms with van der Waals surface area (Å²) in [7, 11) is 0. The van der Waals surface area contributed by atoms with Crippen LogP contribution in [-0.4, -0.2) is 32.0 Å².